The number of likely N-dealkylation sites (tertiary alicyclic amines) is 1. The molecule has 7 heteroatoms. The molecule has 0 radical (unpaired) electrons. The largest absolute Gasteiger partial charge is 0.478 e. The number of carbonyl (C=O) groups is 1. The molecule has 7 nitrogen and oxygen atoms in total. The van der Waals surface area contributed by atoms with Crippen LogP contribution in [0.15, 0.2) is 36.5 Å². The van der Waals surface area contributed by atoms with E-state index in [1.165, 1.54) is 12.7 Å². The molecular formula is C19H26N4O3. The van der Waals surface area contributed by atoms with Crippen LogP contribution >= 0.6 is 0 Å². The molecule has 2 aromatic rings. The van der Waals surface area contributed by atoms with E-state index >= 15 is 0 Å². The highest BCUT2D eigenvalue weighted by Gasteiger charge is 2.35. The average Bonchev–Trinajstić information content (AvgIpc) is 2.94. The molecule has 1 atom stereocenters. The molecule has 0 bridgehead atoms. The van der Waals surface area contributed by atoms with Crippen molar-refractivity contribution >= 4 is 11.6 Å². The first kappa shape index (κ1) is 18.4. The lowest BCUT2D eigenvalue weighted by Gasteiger charge is -2.39. The Kier molecular flexibility index (Phi) is 5.58. The van der Waals surface area contributed by atoms with Gasteiger partial charge in [-0.2, -0.15) is 0 Å². The highest BCUT2D eigenvalue weighted by molar-refractivity contribution is 5.92. The summed E-state index contributed by atoms with van der Waals surface area (Å²) in [4.78, 5) is 14.7. The van der Waals surface area contributed by atoms with E-state index < -0.39 is 5.60 Å². The van der Waals surface area contributed by atoms with Crippen LogP contribution in [0.5, 0.6) is 5.88 Å². The number of amides is 1. The fourth-order valence-corrected chi connectivity index (χ4v) is 3.52. The number of anilines is 1. The van der Waals surface area contributed by atoms with Crippen molar-refractivity contribution in [3.05, 3.63) is 42.1 Å². The van der Waals surface area contributed by atoms with Crippen molar-refractivity contribution in [3.8, 4) is 5.88 Å². The van der Waals surface area contributed by atoms with Crippen molar-refractivity contribution in [1.82, 2.24) is 14.7 Å². The summed E-state index contributed by atoms with van der Waals surface area (Å²) >= 11 is 0. The van der Waals surface area contributed by atoms with Gasteiger partial charge in [0, 0.05) is 20.1 Å². The van der Waals surface area contributed by atoms with Crippen LogP contribution in [0.4, 0.5) is 5.69 Å². The number of nitrogens with zero attached hydrogens (tertiary/aromatic N) is 3. The molecule has 1 fully saturated rings. The van der Waals surface area contributed by atoms with Crippen LogP contribution in [-0.4, -0.2) is 51.5 Å². The lowest BCUT2D eigenvalue weighted by molar-refractivity contribution is -0.123. The van der Waals surface area contributed by atoms with Crippen molar-refractivity contribution in [3.63, 3.8) is 0 Å². The van der Waals surface area contributed by atoms with Gasteiger partial charge in [-0.15, -0.1) is 5.10 Å². The van der Waals surface area contributed by atoms with E-state index in [-0.39, 0.29) is 12.3 Å². The minimum absolute atomic E-state index is 0.0519. The van der Waals surface area contributed by atoms with Gasteiger partial charge in [0.1, 0.15) is 5.69 Å². The first-order chi connectivity index (χ1) is 12.5. The van der Waals surface area contributed by atoms with E-state index in [1.807, 2.05) is 18.2 Å². The van der Waals surface area contributed by atoms with Gasteiger partial charge in [-0.25, -0.2) is 0 Å². The van der Waals surface area contributed by atoms with Crippen LogP contribution in [0.1, 0.15) is 24.8 Å². The van der Waals surface area contributed by atoms with Crippen LogP contribution in [0, 0.1) is 0 Å². The molecule has 1 aromatic heterocycles. The van der Waals surface area contributed by atoms with E-state index in [0.717, 1.165) is 19.5 Å². The summed E-state index contributed by atoms with van der Waals surface area (Å²) < 4.78 is 6.72. The van der Waals surface area contributed by atoms with Crippen molar-refractivity contribution in [2.75, 3.05) is 25.5 Å². The van der Waals surface area contributed by atoms with E-state index in [0.29, 0.717) is 24.5 Å². The van der Waals surface area contributed by atoms with E-state index in [9.17, 15) is 9.90 Å². The Labute approximate surface area is 153 Å². The minimum Gasteiger partial charge on any atom is -0.478 e. The molecule has 140 valence electrons. The Bertz CT molecular complexity index is 746. The van der Waals surface area contributed by atoms with E-state index in [2.05, 4.69) is 27.4 Å². The van der Waals surface area contributed by atoms with Crippen LogP contribution in [0.3, 0.4) is 0 Å². The molecule has 2 heterocycles. The van der Waals surface area contributed by atoms with Crippen LogP contribution in [-0.2, 0) is 18.4 Å². The Morgan fingerprint density at radius 3 is 2.88 bits per heavy atom. The summed E-state index contributed by atoms with van der Waals surface area (Å²) in [5.74, 6) is 0.127. The quantitative estimate of drug-likeness (QED) is 0.823. The minimum atomic E-state index is -1.02. The zero-order chi connectivity index (χ0) is 18.6. The number of hydrogen-bond acceptors (Lipinski definition) is 5. The Morgan fingerprint density at radius 2 is 2.15 bits per heavy atom. The first-order valence-corrected chi connectivity index (χ1v) is 8.83. The van der Waals surface area contributed by atoms with Gasteiger partial charge in [0.25, 0.3) is 5.88 Å². The third-order valence-electron chi connectivity index (χ3n) is 4.64. The summed E-state index contributed by atoms with van der Waals surface area (Å²) in [6.07, 6.45) is 3.22. The van der Waals surface area contributed by atoms with Gasteiger partial charge in [0.2, 0.25) is 5.91 Å². The third kappa shape index (κ3) is 4.62. The SMILES string of the molecule is COc1nn(C)cc1NC(=O)CC1(O)CCCN(Cc2ccccc2)C1. The molecule has 1 unspecified atom stereocenters. The molecular weight excluding hydrogens is 332 g/mol. The van der Waals surface area contributed by atoms with Crippen molar-refractivity contribution in [2.45, 2.75) is 31.4 Å². The van der Waals surface area contributed by atoms with Gasteiger partial charge < -0.3 is 15.2 Å². The normalized spacial score (nSPS) is 20.7. The molecule has 1 aliphatic heterocycles. The highest BCUT2D eigenvalue weighted by atomic mass is 16.5. The number of aryl methyl sites for hydroxylation is 1. The Hall–Kier alpha value is -2.38. The average molecular weight is 358 g/mol. The zero-order valence-corrected chi connectivity index (χ0v) is 15.3. The van der Waals surface area contributed by atoms with Gasteiger partial charge in [-0.1, -0.05) is 30.3 Å². The molecule has 1 aliphatic rings. The summed E-state index contributed by atoms with van der Waals surface area (Å²) in [7, 11) is 3.27. The number of hydrogen-bond donors (Lipinski definition) is 2. The number of β-amino-alcohol motifs (C(OH)–C–C–N with tert-alkyl or cyclic N) is 1. The smallest absolute Gasteiger partial charge is 0.256 e. The summed E-state index contributed by atoms with van der Waals surface area (Å²) in [6, 6.07) is 10.2. The monoisotopic (exact) mass is 358 g/mol. The van der Waals surface area contributed by atoms with Gasteiger partial charge >= 0.3 is 0 Å². The number of methoxy groups -OCH3 is 1. The van der Waals surface area contributed by atoms with Gasteiger partial charge in [0.05, 0.1) is 25.3 Å². The number of ether oxygens (including phenoxy) is 1. The summed E-state index contributed by atoms with van der Waals surface area (Å²) in [5.41, 5.74) is 0.703. The second-order valence-electron chi connectivity index (χ2n) is 6.97. The standard InChI is InChI=1S/C19H26N4O3/c1-22-13-16(18(21-22)26-2)20-17(24)11-19(25)9-6-10-23(14-19)12-15-7-4-3-5-8-15/h3-5,7-8,13,25H,6,9-12,14H2,1-2H3,(H,20,24). The topological polar surface area (TPSA) is 79.6 Å². The lowest BCUT2D eigenvalue weighted by atomic mass is 9.89. The second-order valence-corrected chi connectivity index (χ2v) is 6.97. The molecule has 3 rings (SSSR count). The van der Waals surface area contributed by atoms with E-state index in [4.69, 9.17) is 4.74 Å². The van der Waals surface area contributed by atoms with Crippen LogP contribution in [0.25, 0.3) is 0 Å². The molecule has 1 amide bonds. The fraction of sp³-hybridized carbons (Fsp3) is 0.474. The molecule has 0 aliphatic carbocycles. The third-order valence-corrected chi connectivity index (χ3v) is 4.64. The fourth-order valence-electron chi connectivity index (χ4n) is 3.52. The number of aromatic nitrogens is 2. The predicted octanol–water partition coefficient (Wildman–Crippen LogP) is 1.78. The van der Waals surface area contributed by atoms with Crippen molar-refractivity contribution < 1.29 is 14.6 Å². The number of benzene rings is 1. The first-order valence-electron chi connectivity index (χ1n) is 8.83. The maximum atomic E-state index is 12.4. The Balaban J connectivity index is 1.59. The predicted molar refractivity (Wildman–Crippen MR) is 98.9 cm³/mol. The summed E-state index contributed by atoms with van der Waals surface area (Å²) in [5, 5.41) is 17.9. The van der Waals surface area contributed by atoms with E-state index in [1.54, 1.807) is 17.9 Å². The molecule has 1 aromatic carbocycles. The van der Waals surface area contributed by atoms with Gasteiger partial charge in [0.15, 0.2) is 0 Å². The summed E-state index contributed by atoms with van der Waals surface area (Å²) in [6.45, 7) is 2.19. The zero-order valence-electron chi connectivity index (χ0n) is 15.3. The number of aliphatic hydroxyl groups is 1. The van der Waals surface area contributed by atoms with Gasteiger partial charge in [-0.3, -0.25) is 14.4 Å². The molecule has 0 spiro atoms. The van der Waals surface area contributed by atoms with Gasteiger partial charge in [-0.05, 0) is 24.9 Å². The molecule has 0 saturated carbocycles. The molecule has 2 N–H and O–H groups in total. The second kappa shape index (κ2) is 7.88. The Morgan fingerprint density at radius 1 is 1.38 bits per heavy atom. The van der Waals surface area contributed by atoms with Crippen LogP contribution < -0.4 is 10.1 Å². The van der Waals surface area contributed by atoms with Crippen molar-refractivity contribution in [1.29, 1.82) is 0 Å². The van der Waals surface area contributed by atoms with Crippen molar-refractivity contribution in [2.24, 2.45) is 7.05 Å². The number of carbonyl (C=O) groups excluding carboxylic acids is 1. The van der Waals surface area contributed by atoms with Crippen LogP contribution in [0.2, 0.25) is 0 Å². The maximum absolute atomic E-state index is 12.4. The number of nitrogens with one attached hydrogen (secondary N) is 1. The maximum Gasteiger partial charge on any atom is 0.256 e. The number of piperidine rings is 1. The molecule has 1 saturated heterocycles. The highest BCUT2D eigenvalue weighted by Crippen LogP contribution is 2.27. The molecule has 26 heavy (non-hydrogen) atoms. The lowest BCUT2D eigenvalue weighted by Crippen LogP contribution is -2.49. The number of rotatable bonds is 6.